The average molecular weight is 314 g/mol. The zero-order valence-electron chi connectivity index (χ0n) is 10.8. The Kier molecular flexibility index (Phi) is 4.72. The number of nitrogens with one attached hydrogen (secondary N) is 1. The monoisotopic (exact) mass is 314 g/mol. The number of hydrogen-bond acceptors (Lipinski definition) is 4. The fraction of sp³-hybridized carbons (Fsp3) is 0.231. The molecule has 0 aliphatic rings. The van der Waals surface area contributed by atoms with Crippen LogP contribution < -0.4 is 5.32 Å². The molecule has 1 amide bonds. The van der Waals surface area contributed by atoms with Crippen molar-refractivity contribution >= 4 is 34.7 Å². The van der Waals surface area contributed by atoms with E-state index in [1.165, 1.54) is 29.2 Å². The minimum absolute atomic E-state index is 0.416. The van der Waals surface area contributed by atoms with E-state index in [2.05, 4.69) is 10.3 Å². The molecule has 0 saturated heterocycles. The normalized spacial score (nSPS) is 12.2. The highest BCUT2D eigenvalue weighted by Gasteiger charge is 2.19. The number of aromatic nitrogens is 1. The molecule has 2 rings (SSSR count). The SMILES string of the molecule is Cc1csc(SC(C)C(=O)Nc2c(F)cccc2F)n1. The smallest absolute Gasteiger partial charge is 0.237 e. The highest BCUT2D eigenvalue weighted by Crippen LogP contribution is 2.28. The van der Waals surface area contributed by atoms with Gasteiger partial charge in [0.25, 0.3) is 0 Å². The second kappa shape index (κ2) is 6.32. The van der Waals surface area contributed by atoms with E-state index < -0.39 is 28.5 Å². The predicted octanol–water partition coefficient (Wildman–Crippen LogP) is 3.85. The fourth-order valence-corrected chi connectivity index (χ4v) is 3.42. The van der Waals surface area contributed by atoms with Crippen molar-refractivity contribution in [3.05, 3.63) is 40.9 Å². The maximum absolute atomic E-state index is 13.4. The van der Waals surface area contributed by atoms with Gasteiger partial charge in [0.15, 0.2) is 4.34 Å². The van der Waals surface area contributed by atoms with Gasteiger partial charge in [-0.25, -0.2) is 13.8 Å². The molecule has 2 aromatic rings. The largest absolute Gasteiger partial charge is 0.320 e. The van der Waals surface area contributed by atoms with E-state index in [0.717, 1.165) is 22.2 Å². The number of rotatable bonds is 4. The second-order valence-electron chi connectivity index (χ2n) is 4.10. The number of halogens is 2. The van der Waals surface area contributed by atoms with Crippen LogP contribution in [0.1, 0.15) is 12.6 Å². The van der Waals surface area contributed by atoms with Crippen molar-refractivity contribution in [1.82, 2.24) is 4.98 Å². The lowest BCUT2D eigenvalue weighted by Crippen LogP contribution is -2.23. The third-order valence-corrected chi connectivity index (χ3v) is 4.65. The van der Waals surface area contributed by atoms with Crippen molar-refractivity contribution in [3.8, 4) is 0 Å². The Morgan fingerprint density at radius 2 is 2.05 bits per heavy atom. The molecule has 1 unspecified atom stereocenters. The van der Waals surface area contributed by atoms with Gasteiger partial charge in [-0.05, 0) is 26.0 Å². The number of carbonyl (C=O) groups excluding carboxylic acids is 1. The Balaban J connectivity index is 2.04. The summed E-state index contributed by atoms with van der Waals surface area (Å²) in [6.07, 6.45) is 0. The number of thiazole rings is 1. The molecule has 0 radical (unpaired) electrons. The molecule has 1 atom stereocenters. The van der Waals surface area contributed by atoms with Crippen molar-refractivity contribution in [2.24, 2.45) is 0 Å². The van der Waals surface area contributed by atoms with Crippen LogP contribution in [0.2, 0.25) is 0 Å². The highest BCUT2D eigenvalue weighted by atomic mass is 32.2. The van der Waals surface area contributed by atoms with Gasteiger partial charge in [-0.1, -0.05) is 17.8 Å². The third kappa shape index (κ3) is 3.55. The molecule has 1 heterocycles. The van der Waals surface area contributed by atoms with Gasteiger partial charge in [0.05, 0.1) is 5.25 Å². The Hall–Kier alpha value is -1.47. The van der Waals surface area contributed by atoms with Crippen molar-refractivity contribution < 1.29 is 13.6 Å². The van der Waals surface area contributed by atoms with Crippen LogP contribution >= 0.6 is 23.1 Å². The average Bonchev–Trinajstić information content (AvgIpc) is 2.79. The number of benzene rings is 1. The van der Waals surface area contributed by atoms with E-state index in [1.54, 1.807) is 6.92 Å². The molecular formula is C13H12F2N2OS2. The van der Waals surface area contributed by atoms with E-state index in [4.69, 9.17) is 0 Å². The van der Waals surface area contributed by atoms with Crippen LogP contribution in [0.4, 0.5) is 14.5 Å². The van der Waals surface area contributed by atoms with Crippen LogP contribution in [-0.2, 0) is 4.79 Å². The van der Waals surface area contributed by atoms with Gasteiger partial charge in [-0.3, -0.25) is 4.79 Å². The maximum atomic E-state index is 13.4. The molecule has 7 heteroatoms. The van der Waals surface area contributed by atoms with Crippen LogP contribution in [0, 0.1) is 18.6 Å². The molecule has 20 heavy (non-hydrogen) atoms. The van der Waals surface area contributed by atoms with Crippen LogP contribution in [0.5, 0.6) is 0 Å². The van der Waals surface area contributed by atoms with E-state index in [-0.39, 0.29) is 0 Å². The van der Waals surface area contributed by atoms with Gasteiger partial charge < -0.3 is 5.32 Å². The summed E-state index contributed by atoms with van der Waals surface area (Å²) >= 11 is 2.69. The number of para-hydroxylation sites is 1. The number of aryl methyl sites for hydroxylation is 1. The van der Waals surface area contributed by atoms with Crippen LogP contribution in [0.3, 0.4) is 0 Å². The third-order valence-electron chi connectivity index (χ3n) is 2.46. The lowest BCUT2D eigenvalue weighted by Gasteiger charge is -2.11. The summed E-state index contributed by atoms with van der Waals surface area (Å²) in [5, 5.41) is 3.65. The molecule has 0 aliphatic heterocycles. The molecule has 0 spiro atoms. The number of carbonyl (C=O) groups is 1. The molecule has 1 N–H and O–H groups in total. The molecule has 1 aromatic carbocycles. The van der Waals surface area contributed by atoms with Gasteiger partial charge in [-0.15, -0.1) is 11.3 Å². The van der Waals surface area contributed by atoms with Gasteiger partial charge in [-0.2, -0.15) is 0 Å². The summed E-state index contributed by atoms with van der Waals surface area (Å²) in [6.45, 7) is 3.52. The molecular weight excluding hydrogens is 302 g/mol. The standard InChI is InChI=1S/C13H12F2N2OS2/c1-7-6-19-13(16-7)20-8(2)12(18)17-11-9(14)4-3-5-10(11)15/h3-6,8H,1-2H3,(H,17,18). The second-order valence-corrected chi connectivity index (χ2v) is 6.55. The van der Waals surface area contributed by atoms with Crippen molar-refractivity contribution in [1.29, 1.82) is 0 Å². The summed E-state index contributed by atoms with van der Waals surface area (Å²) in [7, 11) is 0. The maximum Gasteiger partial charge on any atom is 0.237 e. The molecule has 3 nitrogen and oxygen atoms in total. The Morgan fingerprint density at radius 1 is 1.40 bits per heavy atom. The van der Waals surface area contributed by atoms with Gasteiger partial charge in [0, 0.05) is 11.1 Å². The first-order valence-electron chi connectivity index (χ1n) is 5.81. The minimum atomic E-state index is -0.791. The zero-order chi connectivity index (χ0) is 14.7. The molecule has 0 fully saturated rings. The van der Waals surface area contributed by atoms with Gasteiger partial charge in [0.1, 0.15) is 17.3 Å². The molecule has 0 bridgehead atoms. The number of amides is 1. The molecule has 0 aliphatic carbocycles. The van der Waals surface area contributed by atoms with Crippen LogP contribution in [0.15, 0.2) is 27.9 Å². The van der Waals surface area contributed by atoms with Crippen molar-refractivity contribution in [3.63, 3.8) is 0 Å². The zero-order valence-corrected chi connectivity index (χ0v) is 12.4. The Bertz CT molecular complexity index is 610. The van der Waals surface area contributed by atoms with E-state index in [0.29, 0.717) is 0 Å². The van der Waals surface area contributed by atoms with Crippen molar-refractivity contribution in [2.45, 2.75) is 23.4 Å². The first-order valence-corrected chi connectivity index (χ1v) is 7.57. The Morgan fingerprint density at radius 3 is 2.60 bits per heavy atom. The first-order chi connectivity index (χ1) is 9.47. The van der Waals surface area contributed by atoms with E-state index >= 15 is 0 Å². The Labute approximate surface area is 123 Å². The summed E-state index contributed by atoms with van der Waals surface area (Å²) in [6, 6.07) is 3.44. The summed E-state index contributed by atoms with van der Waals surface area (Å²) < 4.78 is 27.6. The number of anilines is 1. The quantitative estimate of drug-likeness (QED) is 0.872. The highest BCUT2D eigenvalue weighted by molar-refractivity contribution is 8.02. The summed E-state index contributed by atoms with van der Waals surface area (Å²) in [4.78, 5) is 16.2. The topological polar surface area (TPSA) is 42.0 Å². The fourth-order valence-electron chi connectivity index (χ4n) is 1.43. The summed E-state index contributed by atoms with van der Waals surface area (Å²) in [5.41, 5.74) is 0.463. The number of nitrogens with zero attached hydrogens (tertiary/aromatic N) is 1. The number of hydrogen-bond donors (Lipinski definition) is 1. The van der Waals surface area contributed by atoms with Crippen molar-refractivity contribution in [2.75, 3.05) is 5.32 Å². The van der Waals surface area contributed by atoms with Gasteiger partial charge in [0.2, 0.25) is 5.91 Å². The summed E-state index contributed by atoms with van der Waals surface area (Å²) in [5.74, 6) is -2.05. The van der Waals surface area contributed by atoms with E-state index in [9.17, 15) is 13.6 Å². The predicted molar refractivity (Wildman–Crippen MR) is 77.2 cm³/mol. The first kappa shape index (κ1) is 14.9. The van der Waals surface area contributed by atoms with E-state index in [1.807, 2.05) is 12.3 Å². The van der Waals surface area contributed by atoms with Gasteiger partial charge >= 0.3 is 0 Å². The number of thioether (sulfide) groups is 1. The molecule has 1 aromatic heterocycles. The van der Waals surface area contributed by atoms with Crippen LogP contribution in [-0.4, -0.2) is 16.1 Å². The van der Waals surface area contributed by atoms with Crippen LogP contribution in [0.25, 0.3) is 0 Å². The minimum Gasteiger partial charge on any atom is -0.320 e. The molecule has 0 saturated carbocycles. The lowest BCUT2D eigenvalue weighted by molar-refractivity contribution is -0.115. The lowest BCUT2D eigenvalue weighted by atomic mass is 10.3. The molecule has 106 valence electrons.